The first kappa shape index (κ1) is 20.9. The van der Waals surface area contributed by atoms with Crippen LogP contribution in [0.1, 0.15) is 48.0 Å². The van der Waals surface area contributed by atoms with Crippen LogP contribution in [0.3, 0.4) is 0 Å². The molecule has 1 saturated heterocycles. The van der Waals surface area contributed by atoms with Crippen molar-refractivity contribution in [3.63, 3.8) is 0 Å². The van der Waals surface area contributed by atoms with Gasteiger partial charge in [-0.1, -0.05) is 35.8 Å². The van der Waals surface area contributed by atoms with Crippen LogP contribution >= 0.6 is 11.6 Å². The normalized spacial score (nSPS) is 15.7. The van der Waals surface area contributed by atoms with Gasteiger partial charge in [-0.25, -0.2) is 0 Å². The number of aromatic nitrogens is 1. The highest BCUT2D eigenvalue weighted by atomic mass is 35.5. The van der Waals surface area contributed by atoms with E-state index in [0.29, 0.717) is 11.6 Å². The summed E-state index contributed by atoms with van der Waals surface area (Å²) in [6, 6.07) is 9.89. The molecular formula is C22H30ClN3O2. The van der Waals surface area contributed by atoms with Crippen molar-refractivity contribution in [1.29, 1.82) is 0 Å². The Labute approximate surface area is 172 Å². The Morgan fingerprint density at radius 3 is 2.64 bits per heavy atom. The van der Waals surface area contributed by atoms with E-state index in [1.807, 2.05) is 19.2 Å². The molecule has 28 heavy (non-hydrogen) atoms. The third-order valence-corrected chi connectivity index (χ3v) is 5.74. The van der Waals surface area contributed by atoms with Gasteiger partial charge in [-0.15, -0.1) is 0 Å². The third kappa shape index (κ3) is 5.82. The second-order valence-corrected chi connectivity index (χ2v) is 8.21. The van der Waals surface area contributed by atoms with Crippen LogP contribution in [0.5, 0.6) is 0 Å². The Bertz CT molecular complexity index is 751. The fourth-order valence-corrected chi connectivity index (χ4v) is 3.90. The number of benzene rings is 1. The Morgan fingerprint density at radius 1 is 1.25 bits per heavy atom. The number of nitrogens with zero attached hydrogens (tertiary/aromatic N) is 3. The highest BCUT2D eigenvalue weighted by Crippen LogP contribution is 2.20. The molecule has 6 heteroatoms. The van der Waals surface area contributed by atoms with Gasteiger partial charge in [-0.2, -0.15) is 0 Å². The van der Waals surface area contributed by atoms with E-state index in [0.717, 1.165) is 69.1 Å². The largest absolute Gasteiger partial charge is 0.361 e. The van der Waals surface area contributed by atoms with E-state index in [4.69, 9.17) is 16.1 Å². The topological polar surface area (TPSA) is 49.6 Å². The summed E-state index contributed by atoms with van der Waals surface area (Å²) in [4.78, 5) is 16.9. The minimum atomic E-state index is -0.0451. The first-order valence-corrected chi connectivity index (χ1v) is 10.6. The molecule has 0 radical (unpaired) electrons. The van der Waals surface area contributed by atoms with Gasteiger partial charge in [0.25, 0.3) is 5.91 Å². The number of hydrogen-bond donors (Lipinski definition) is 0. The predicted molar refractivity (Wildman–Crippen MR) is 112 cm³/mol. The monoisotopic (exact) mass is 403 g/mol. The number of carbonyl (C=O) groups excluding carboxylic acids is 1. The second-order valence-electron chi connectivity index (χ2n) is 7.78. The zero-order valence-corrected chi connectivity index (χ0v) is 17.6. The predicted octanol–water partition coefficient (Wildman–Crippen LogP) is 4.31. The summed E-state index contributed by atoms with van der Waals surface area (Å²) in [5, 5.41) is 4.72. The summed E-state index contributed by atoms with van der Waals surface area (Å²) in [5.41, 5.74) is 1.75. The van der Waals surface area contributed by atoms with Gasteiger partial charge in [0, 0.05) is 37.6 Å². The summed E-state index contributed by atoms with van der Waals surface area (Å²) in [6.07, 6.45) is 5.09. The summed E-state index contributed by atoms with van der Waals surface area (Å²) >= 11 is 5.95. The molecule has 1 fully saturated rings. The second kappa shape index (κ2) is 10.1. The first-order valence-electron chi connectivity index (χ1n) is 10.2. The summed E-state index contributed by atoms with van der Waals surface area (Å²) in [5.74, 6) is 1.28. The maximum atomic E-state index is 12.6. The van der Waals surface area contributed by atoms with E-state index in [1.165, 1.54) is 5.56 Å². The van der Waals surface area contributed by atoms with Gasteiger partial charge in [-0.3, -0.25) is 4.79 Å². The first-order chi connectivity index (χ1) is 13.5. The molecule has 1 amide bonds. The smallest absolute Gasteiger partial charge is 0.275 e. The van der Waals surface area contributed by atoms with E-state index in [9.17, 15) is 4.79 Å². The van der Waals surface area contributed by atoms with Gasteiger partial charge < -0.3 is 14.3 Å². The number of amides is 1. The quantitative estimate of drug-likeness (QED) is 0.659. The van der Waals surface area contributed by atoms with E-state index in [2.05, 4.69) is 29.1 Å². The Morgan fingerprint density at radius 2 is 1.96 bits per heavy atom. The van der Waals surface area contributed by atoms with Gasteiger partial charge in [0.15, 0.2) is 5.69 Å². The minimum absolute atomic E-state index is 0.0451. The molecule has 0 unspecified atom stereocenters. The Balaban J connectivity index is 1.40. The molecule has 0 atom stereocenters. The van der Waals surface area contributed by atoms with Gasteiger partial charge in [-0.05, 0) is 62.4 Å². The van der Waals surface area contributed by atoms with Crippen molar-refractivity contribution in [3.05, 3.63) is 52.4 Å². The molecule has 0 aliphatic carbocycles. The summed E-state index contributed by atoms with van der Waals surface area (Å²) in [6.45, 7) is 6.11. The Kier molecular flexibility index (Phi) is 7.51. The van der Waals surface area contributed by atoms with Crippen LogP contribution in [0.4, 0.5) is 0 Å². The highest BCUT2D eigenvalue weighted by Gasteiger charge is 2.23. The van der Waals surface area contributed by atoms with E-state index >= 15 is 0 Å². The zero-order chi connectivity index (χ0) is 19.9. The molecule has 152 valence electrons. The molecule has 1 aromatic carbocycles. The SMILES string of the molecule is CCCc1cc(C(=O)N(C)CC2CCN(CCc3ccc(Cl)cc3)CC2)no1. The van der Waals surface area contributed by atoms with E-state index in [-0.39, 0.29) is 5.91 Å². The lowest BCUT2D eigenvalue weighted by Gasteiger charge is -2.33. The number of carbonyl (C=O) groups is 1. The fourth-order valence-electron chi connectivity index (χ4n) is 3.77. The van der Waals surface area contributed by atoms with Gasteiger partial charge in [0.05, 0.1) is 0 Å². The van der Waals surface area contributed by atoms with Crippen LogP contribution in [0, 0.1) is 5.92 Å². The number of piperidine rings is 1. The molecule has 0 N–H and O–H groups in total. The van der Waals surface area contributed by atoms with Crippen LogP contribution in [0.25, 0.3) is 0 Å². The van der Waals surface area contributed by atoms with E-state index < -0.39 is 0 Å². The number of likely N-dealkylation sites (tertiary alicyclic amines) is 1. The molecule has 2 heterocycles. The maximum Gasteiger partial charge on any atom is 0.275 e. The fraction of sp³-hybridized carbons (Fsp3) is 0.545. The standard InChI is InChI=1S/C22H30ClN3O2/c1-3-4-20-15-21(24-28-20)22(27)25(2)16-18-10-13-26(14-11-18)12-9-17-5-7-19(23)8-6-17/h5-8,15,18H,3-4,9-14,16H2,1-2H3. The number of aryl methyl sites for hydroxylation is 1. The molecule has 3 rings (SSSR count). The van der Waals surface area contributed by atoms with Crippen molar-refractivity contribution < 1.29 is 9.32 Å². The van der Waals surface area contributed by atoms with Crippen LogP contribution in [0.2, 0.25) is 5.02 Å². The third-order valence-electron chi connectivity index (χ3n) is 5.49. The molecular weight excluding hydrogens is 374 g/mol. The van der Waals surface area contributed by atoms with Crippen LogP contribution in [-0.4, -0.2) is 54.1 Å². The van der Waals surface area contributed by atoms with Crippen molar-refractivity contribution in [2.24, 2.45) is 5.92 Å². The lowest BCUT2D eigenvalue weighted by Crippen LogP contribution is -2.40. The molecule has 5 nitrogen and oxygen atoms in total. The molecule has 1 aliphatic heterocycles. The van der Waals surface area contributed by atoms with Gasteiger partial charge in [0.2, 0.25) is 0 Å². The summed E-state index contributed by atoms with van der Waals surface area (Å²) < 4.78 is 5.24. The molecule has 1 aliphatic rings. The molecule has 0 saturated carbocycles. The van der Waals surface area contributed by atoms with Gasteiger partial charge >= 0.3 is 0 Å². The lowest BCUT2D eigenvalue weighted by atomic mass is 9.96. The van der Waals surface area contributed by atoms with Crippen LogP contribution < -0.4 is 0 Å². The van der Waals surface area contributed by atoms with Crippen LogP contribution in [0.15, 0.2) is 34.9 Å². The minimum Gasteiger partial charge on any atom is -0.361 e. The maximum absolute atomic E-state index is 12.6. The highest BCUT2D eigenvalue weighted by molar-refractivity contribution is 6.30. The molecule has 0 bridgehead atoms. The summed E-state index contributed by atoms with van der Waals surface area (Å²) in [7, 11) is 1.86. The molecule has 0 spiro atoms. The number of rotatable bonds is 8. The van der Waals surface area contributed by atoms with Crippen molar-refractivity contribution in [3.8, 4) is 0 Å². The zero-order valence-electron chi connectivity index (χ0n) is 16.9. The molecule has 1 aromatic heterocycles. The van der Waals surface area contributed by atoms with Crippen molar-refractivity contribution in [2.75, 3.05) is 33.2 Å². The number of hydrogen-bond acceptors (Lipinski definition) is 4. The van der Waals surface area contributed by atoms with E-state index in [1.54, 1.807) is 11.0 Å². The number of halogens is 1. The molecule has 2 aromatic rings. The lowest BCUT2D eigenvalue weighted by molar-refractivity contribution is 0.0730. The average molecular weight is 404 g/mol. The van der Waals surface area contributed by atoms with Crippen molar-refractivity contribution in [2.45, 2.75) is 39.0 Å². The van der Waals surface area contributed by atoms with Crippen molar-refractivity contribution >= 4 is 17.5 Å². The van der Waals surface area contributed by atoms with Crippen LogP contribution in [-0.2, 0) is 12.8 Å². The van der Waals surface area contributed by atoms with Gasteiger partial charge in [0.1, 0.15) is 5.76 Å². The Hall–Kier alpha value is -1.85. The van der Waals surface area contributed by atoms with Crippen molar-refractivity contribution in [1.82, 2.24) is 15.0 Å². The average Bonchev–Trinajstić information content (AvgIpc) is 3.17.